The fourth-order valence-electron chi connectivity index (χ4n) is 2.48. The van der Waals surface area contributed by atoms with Crippen LogP contribution in [0.2, 0.25) is 0 Å². The van der Waals surface area contributed by atoms with Gasteiger partial charge < -0.3 is 20.5 Å². The van der Waals surface area contributed by atoms with E-state index in [1.165, 1.54) is 0 Å². The Kier molecular flexibility index (Phi) is 7.54. The maximum atomic E-state index is 11.7. The molecular weight excluding hydrogens is 260 g/mol. The molecule has 0 aromatic carbocycles. The minimum atomic E-state index is -0.678. The van der Waals surface area contributed by atoms with E-state index in [2.05, 4.69) is 10.6 Å². The van der Waals surface area contributed by atoms with Crippen LogP contribution in [0.1, 0.15) is 32.6 Å². The lowest BCUT2D eigenvalue weighted by Gasteiger charge is -2.27. The van der Waals surface area contributed by atoms with Crippen LogP contribution in [-0.4, -0.2) is 49.8 Å². The van der Waals surface area contributed by atoms with Gasteiger partial charge in [0.05, 0.1) is 18.6 Å². The average Bonchev–Trinajstić information content (AvgIpc) is 2.45. The van der Waals surface area contributed by atoms with E-state index in [0.717, 1.165) is 32.2 Å². The summed E-state index contributed by atoms with van der Waals surface area (Å²) in [6.07, 6.45) is 3.33. The van der Waals surface area contributed by atoms with E-state index < -0.39 is 5.97 Å². The molecule has 1 unspecified atom stereocenters. The SMILES string of the molecule is COCCNC(=O)C(C)NCC1CCC(C(=O)O)CC1. The van der Waals surface area contributed by atoms with Crippen LogP contribution in [0, 0.1) is 11.8 Å². The molecule has 0 radical (unpaired) electrons. The third kappa shape index (κ3) is 5.88. The van der Waals surface area contributed by atoms with Crippen molar-refractivity contribution in [3.63, 3.8) is 0 Å². The van der Waals surface area contributed by atoms with Crippen molar-refractivity contribution >= 4 is 11.9 Å². The smallest absolute Gasteiger partial charge is 0.306 e. The highest BCUT2D eigenvalue weighted by Gasteiger charge is 2.26. The van der Waals surface area contributed by atoms with E-state index in [9.17, 15) is 9.59 Å². The number of aliphatic carboxylic acids is 1. The number of carboxylic acids is 1. The van der Waals surface area contributed by atoms with Gasteiger partial charge in [-0.05, 0) is 45.1 Å². The van der Waals surface area contributed by atoms with Gasteiger partial charge in [0.2, 0.25) is 5.91 Å². The first kappa shape index (κ1) is 16.9. The van der Waals surface area contributed by atoms with Gasteiger partial charge in [0, 0.05) is 13.7 Å². The van der Waals surface area contributed by atoms with Crippen LogP contribution in [0.15, 0.2) is 0 Å². The molecule has 1 aliphatic rings. The lowest BCUT2D eigenvalue weighted by molar-refractivity contribution is -0.143. The van der Waals surface area contributed by atoms with Crippen molar-refractivity contribution in [1.29, 1.82) is 0 Å². The highest BCUT2D eigenvalue weighted by molar-refractivity contribution is 5.81. The number of carbonyl (C=O) groups excluding carboxylic acids is 1. The third-order valence-corrected chi connectivity index (χ3v) is 3.91. The zero-order valence-corrected chi connectivity index (χ0v) is 12.4. The van der Waals surface area contributed by atoms with Crippen molar-refractivity contribution in [2.45, 2.75) is 38.6 Å². The molecule has 1 fully saturated rings. The Hall–Kier alpha value is -1.14. The fourth-order valence-corrected chi connectivity index (χ4v) is 2.48. The number of carboxylic acid groups (broad SMARTS) is 1. The topological polar surface area (TPSA) is 87.7 Å². The Morgan fingerprint density at radius 1 is 1.30 bits per heavy atom. The van der Waals surface area contributed by atoms with Crippen LogP contribution in [0.3, 0.4) is 0 Å². The van der Waals surface area contributed by atoms with Crippen molar-refractivity contribution in [2.24, 2.45) is 11.8 Å². The summed E-state index contributed by atoms with van der Waals surface area (Å²) in [5.74, 6) is -0.413. The molecule has 0 saturated heterocycles. The zero-order valence-electron chi connectivity index (χ0n) is 12.4. The van der Waals surface area contributed by atoms with Crippen molar-refractivity contribution in [2.75, 3.05) is 26.8 Å². The molecule has 1 amide bonds. The van der Waals surface area contributed by atoms with Crippen LogP contribution in [0.5, 0.6) is 0 Å². The Balaban J connectivity index is 2.17. The second-order valence-electron chi connectivity index (χ2n) is 5.47. The maximum absolute atomic E-state index is 11.7. The molecule has 20 heavy (non-hydrogen) atoms. The molecule has 0 spiro atoms. The predicted molar refractivity (Wildman–Crippen MR) is 75.4 cm³/mol. The van der Waals surface area contributed by atoms with Gasteiger partial charge >= 0.3 is 5.97 Å². The molecule has 1 rings (SSSR count). The van der Waals surface area contributed by atoms with Crippen molar-refractivity contribution < 1.29 is 19.4 Å². The second-order valence-corrected chi connectivity index (χ2v) is 5.47. The first-order valence-corrected chi connectivity index (χ1v) is 7.27. The summed E-state index contributed by atoms with van der Waals surface area (Å²) in [5.41, 5.74) is 0. The first-order valence-electron chi connectivity index (χ1n) is 7.27. The number of hydrogen-bond donors (Lipinski definition) is 3. The molecular formula is C14H26N2O4. The molecule has 0 aromatic rings. The third-order valence-electron chi connectivity index (χ3n) is 3.91. The minimum absolute atomic E-state index is 0.0266. The number of carbonyl (C=O) groups is 2. The number of ether oxygens (including phenoxy) is 1. The highest BCUT2D eigenvalue weighted by Crippen LogP contribution is 2.28. The standard InChI is InChI=1S/C14H26N2O4/c1-10(13(17)15-7-8-20-2)16-9-11-3-5-12(6-4-11)14(18)19/h10-12,16H,3-9H2,1-2H3,(H,15,17)(H,18,19). The fraction of sp³-hybridized carbons (Fsp3) is 0.857. The van der Waals surface area contributed by atoms with E-state index in [-0.39, 0.29) is 17.9 Å². The summed E-state index contributed by atoms with van der Waals surface area (Å²) in [6.45, 7) is 3.64. The summed E-state index contributed by atoms with van der Waals surface area (Å²) in [4.78, 5) is 22.6. The lowest BCUT2D eigenvalue weighted by Crippen LogP contribution is -2.45. The lowest BCUT2D eigenvalue weighted by atomic mass is 9.82. The molecule has 0 aliphatic heterocycles. The van der Waals surface area contributed by atoms with Gasteiger partial charge in [-0.3, -0.25) is 9.59 Å². The Bertz CT molecular complexity index is 314. The molecule has 0 bridgehead atoms. The van der Waals surface area contributed by atoms with Crippen molar-refractivity contribution in [1.82, 2.24) is 10.6 Å². The van der Waals surface area contributed by atoms with Crippen LogP contribution in [0.25, 0.3) is 0 Å². The first-order chi connectivity index (χ1) is 9.54. The summed E-state index contributed by atoms with van der Waals surface area (Å²) in [6, 6.07) is -0.232. The van der Waals surface area contributed by atoms with Gasteiger partial charge in [0.15, 0.2) is 0 Å². The van der Waals surface area contributed by atoms with Crippen molar-refractivity contribution in [3.05, 3.63) is 0 Å². The van der Waals surface area contributed by atoms with Gasteiger partial charge in [-0.1, -0.05) is 0 Å². The number of methoxy groups -OCH3 is 1. The number of amides is 1. The molecule has 1 saturated carbocycles. The van der Waals surface area contributed by atoms with E-state index in [1.807, 2.05) is 6.92 Å². The molecule has 0 aromatic heterocycles. The normalized spacial score (nSPS) is 24.1. The van der Waals surface area contributed by atoms with Crippen LogP contribution in [-0.2, 0) is 14.3 Å². The van der Waals surface area contributed by atoms with Gasteiger partial charge in [0.25, 0.3) is 0 Å². The van der Waals surface area contributed by atoms with E-state index >= 15 is 0 Å². The molecule has 116 valence electrons. The van der Waals surface area contributed by atoms with Gasteiger partial charge in [-0.2, -0.15) is 0 Å². The summed E-state index contributed by atoms with van der Waals surface area (Å²) < 4.78 is 4.87. The largest absolute Gasteiger partial charge is 0.481 e. The molecule has 1 aliphatic carbocycles. The predicted octanol–water partition coefficient (Wildman–Crippen LogP) is 0.618. The molecule has 6 heteroatoms. The quantitative estimate of drug-likeness (QED) is 0.569. The Morgan fingerprint density at radius 2 is 1.95 bits per heavy atom. The monoisotopic (exact) mass is 286 g/mol. The van der Waals surface area contributed by atoms with E-state index in [4.69, 9.17) is 9.84 Å². The van der Waals surface area contributed by atoms with Crippen LogP contribution in [0.4, 0.5) is 0 Å². The van der Waals surface area contributed by atoms with Crippen molar-refractivity contribution in [3.8, 4) is 0 Å². The van der Waals surface area contributed by atoms with Crippen LogP contribution >= 0.6 is 0 Å². The Labute approximate surface area is 120 Å². The summed E-state index contributed by atoms with van der Waals surface area (Å²) in [7, 11) is 1.60. The molecule has 3 N–H and O–H groups in total. The number of nitrogens with one attached hydrogen (secondary N) is 2. The van der Waals surface area contributed by atoms with E-state index in [1.54, 1.807) is 7.11 Å². The minimum Gasteiger partial charge on any atom is -0.481 e. The summed E-state index contributed by atoms with van der Waals surface area (Å²) >= 11 is 0. The van der Waals surface area contributed by atoms with Gasteiger partial charge in [-0.15, -0.1) is 0 Å². The molecule has 1 atom stereocenters. The Morgan fingerprint density at radius 3 is 2.50 bits per heavy atom. The van der Waals surface area contributed by atoms with Gasteiger partial charge in [0.1, 0.15) is 0 Å². The van der Waals surface area contributed by atoms with Gasteiger partial charge in [-0.25, -0.2) is 0 Å². The molecule has 6 nitrogen and oxygen atoms in total. The molecule has 0 heterocycles. The number of rotatable bonds is 8. The average molecular weight is 286 g/mol. The van der Waals surface area contributed by atoms with E-state index in [0.29, 0.717) is 19.1 Å². The maximum Gasteiger partial charge on any atom is 0.306 e. The highest BCUT2D eigenvalue weighted by atomic mass is 16.5. The zero-order chi connectivity index (χ0) is 15.0. The number of hydrogen-bond acceptors (Lipinski definition) is 4. The second kappa shape index (κ2) is 8.92. The van der Waals surface area contributed by atoms with Crippen LogP contribution < -0.4 is 10.6 Å². The summed E-state index contributed by atoms with van der Waals surface area (Å²) in [5, 5.41) is 15.0.